The Morgan fingerprint density at radius 1 is 1.38 bits per heavy atom. The van der Waals surface area contributed by atoms with Crippen molar-refractivity contribution in [3.05, 3.63) is 27.9 Å². The summed E-state index contributed by atoms with van der Waals surface area (Å²) in [4.78, 5) is 6.77. The van der Waals surface area contributed by atoms with Crippen molar-refractivity contribution in [2.75, 3.05) is 13.7 Å². The van der Waals surface area contributed by atoms with Crippen LogP contribution in [0.15, 0.2) is 9.80 Å². The summed E-state index contributed by atoms with van der Waals surface area (Å²) in [5, 5.41) is 11.0. The maximum Gasteiger partial charge on any atom is 0.233 e. The monoisotopic (exact) mass is 310 g/mol. The van der Waals surface area contributed by atoms with Gasteiger partial charge in [0.2, 0.25) is 11.8 Å². The van der Waals surface area contributed by atoms with Gasteiger partial charge in [-0.15, -0.1) is 21.5 Å². The minimum Gasteiger partial charge on any atom is -0.424 e. The lowest BCUT2D eigenvalue weighted by atomic mass is 10.3. The molecule has 2 atom stereocenters. The van der Waals surface area contributed by atoms with Crippen LogP contribution in [0.25, 0.3) is 0 Å². The lowest BCUT2D eigenvalue weighted by Gasteiger charge is -2.20. The van der Waals surface area contributed by atoms with Crippen LogP contribution in [0, 0.1) is 6.92 Å². The van der Waals surface area contributed by atoms with E-state index in [9.17, 15) is 0 Å². The number of thiazole rings is 1. The highest BCUT2D eigenvalue weighted by Crippen LogP contribution is 2.24. The van der Waals surface area contributed by atoms with Gasteiger partial charge in [0.1, 0.15) is 11.1 Å². The van der Waals surface area contributed by atoms with Crippen molar-refractivity contribution < 1.29 is 9.15 Å². The molecule has 7 heteroatoms. The van der Waals surface area contributed by atoms with Crippen LogP contribution in [0.4, 0.5) is 0 Å². The first kappa shape index (κ1) is 16.1. The Hall–Kier alpha value is -1.31. The molecule has 116 valence electrons. The van der Waals surface area contributed by atoms with Gasteiger partial charge in [-0.05, 0) is 27.8 Å². The van der Waals surface area contributed by atoms with Crippen LogP contribution in [-0.4, -0.2) is 33.7 Å². The van der Waals surface area contributed by atoms with Gasteiger partial charge in [0.05, 0.1) is 11.7 Å². The van der Waals surface area contributed by atoms with Crippen LogP contribution >= 0.6 is 11.3 Å². The highest BCUT2D eigenvalue weighted by molar-refractivity contribution is 7.09. The Morgan fingerprint density at radius 3 is 2.76 bits per heavy atom. The third-order valence-electron chi connectivity index (χ3n) is 3.31. The summed E-state index contributed by atoms with van der Waals surface area (Å²) in [5.74, 6) is 1.22. The molecule has 0 saturated carbocycles. The number of nitrogens with zero attached hydrogens (tertiary/aromatic N) is 4. The number of aryl methyl sites for hydroxylation is 1. The molecule has 2 heterocycles. The largest absolute Gasteiger partial charge is 0.424 e. The molecule has 0 saturated heterocycles. The van der Waals surface area contributed by atoms with Crippen LogP contribution in [-0.2, 0) is 11.3 Å². The summed E-state index contributed by atoms with van der Waals surface area (Å²) >= 11 is 1.64. The van der Waals surface area contributed by atoms with Crippen molar-refractivity contribution in [3.8, 4) is 0 Å². The molecular weight excluding hydrogens is 288 g/mol. The molecule has 6 nitrogen and oxygen atoms in total. The third kappa shape index (κ3) is 4.09. The first-order valence-electron chi connectivity index (χ1n) is 7.07. The maximum absolute atomic E-state index is 5.57. The zero-order chi connectivity index (χ0) is 15.4. The predicted octanol–water partition coefficient (Wildman–Crippen LogP) is 3.13. The smallest absolute Gasteiger partial charge is 0.233 e. The van der Waals surface area contributed by atoms with Gasteiger partial charge >= 0.3 is 0 Å². The van der Waals surface area contributed by atoms with Gasteiger partial charge in [0, 0.05) is 25.5 Å². The molecule has 0 aliphatic heterocycles. The SMILES string of the molecule is CCO[C@@H](C)c1nc(CN(C)[C@H](C)c2nnc(C)o2)cs1. The normalized spacial score (nSPS) is 14.6. The number of rotatable bonds is 7. The fourth-order valence-corrected chi connectivity index (χ4v) is 2.78. The van der Waals surface area contributed by atoms with E-state index in [4.69, 9.17) is 9.15 Å². The molecule has 0 aromatic carbocycles. The van der Waals surface area contributed by atoms with E-state index in [0.29, 0.717) is 18.4 Å². The van der Waals surface area contributed by atoms with Crippen LogP contribution in [0.2, 0.25) is 0 Å². The van der Waals surface area contributed by atoms with Crippen molar-refractivity contribution in [3.63, 3.8) is 0 Å². The van der Waals surface area contributed by atoms with Gasteiger partial charge in [-0.25, -0.2) is 4.98 Å². The molecule has 0 aliphatic carbocycles. The first-order valence-corrected chi connectivity index (χ1v) is 7.95. The topological polar surface area (TPSA) is 64.3 Å². The van der Waals surface area contributed by atoms with E-state index in [1.165, 1.54) is 0 Å². The lowest BCUT2D eigenvalue weighted by Crippen LogP contribution is -2.22. The highest BCUT2D eigenvalue weighted by atomic mass is 32.1. The minimum atomic E-state index is 0.0510. The van der Waals surface area contributed by atoms with E-state index in [-0.39, 0.29) is 12.1 Å². The quantitative estimate of drug-likeness (QED) is 0.783. The van der Waals surface area contributed by atoms with Crippen molar-refractivity contribution in [1.29, 1.82) is 0 Å². The fraction of sp³-hybridized carbons (Fsp3) is 0.643. The van der Waals surface area contributed by atoms with E-state index >= 15 is 0 Å². The summed E-state index contributed by atoms with van der Waals surface area (Å²) in [6.45, 7) is 9.29. The third-order valence-corrected chi connectivity index (χ3v) is 4.36. The second kappa shape index (κ2) is 7.11. The van der Waals surface area contributed by atoms with Crippen molar-refractivity contribution in [2.45, 2.75) is 46.4 Å². The second-order valence-electron chi connectivity index (χ2n) is 5.03. The first-order chi connectivity index (χ1) is 10.0. The molecule has 0 unspecified atom stereocenters. The standard InChI is InChI=1S/C14H22N4O2S/c1-6-19-10(3)14-15-12(8-21-14)7-18(5)9(2)13-17-16-11(4)20-13/h8-10H,6-7H2,1-5H3/t9-,10+/m1/s1. The molecule has 0 fully saturated rings. The van der Waals surface area contributed by atoms with Gasteiger partial charge < -0.3 is 9.15 Å². The highest BCUT2D eigenvalue weighted by Gasteiger charge is 2.19. The molecular formula is C14H22N4O2S. The Morgan fingerprint density at radius 2 is 2.14 bits per heavy atom. The molecule has 2 aromatic heterocycles. The number of hydrogen-bond donors (Lipinski definition) is 0. The molecule has 0 aliphatic rings. The molecule has 0 radical (unpaired) electrons. The predicted molar refractivity (Wildman–Crippen MR) is 81.1 cm³/mol. The van der Waals surface area contributed by atoms with E-state index in [0.717, 1.165) is 17.2 Å². The second-order valence-corrected chi connectivity index (χ2v) is 5.91. The van der Waals surface area contributed by atoms with Crippen LogP contribution in [0.3, 0.4) is 0 Å². The van der Waals surface area contributed by atoms with E-state index in [1.54, 1.807) is 18.3 Å². The van der Waals surface area contributed by atoms with Crippen molar-refractivity contribution in [2.24, 2.45) is 0 Å². The van der Waals surface area contributed by atoms with E-state index in [2.05, 4.69) is 25.5 Å². The van der Waals surface area contributed by atoms with Crippen LogP contribution in [0.5, 0.6) is 0 Å². The Kier molecular flexibility index (Phi) is 5.44. The van der Waals surface area contributed by atoms with Gasteiger partial charge in [0.15, 0.2) is 0 Å². The van der Waals surface area contributed by atoms with Gasteiger partial charge in [-0.1, -0.05) is 0 Å². The molecule has 0 N–H and O–H groups in total. The molecule has 2 rings (SSSR count). The Bertz CT molecular complexity index is 569. The number of aromatic nitrogens is 3. The van der Waals surface area contributed by atoms with Crippen molar-refractivity contribution in [1.82, 2.24) is 20.1 Å². The van der Waals surface area contributed by atoms with Gasteiger partial charge in [-0.3, -0.25) is 4.90 Å². The summed E-state index contributed by atoms with van der Waals surface area (Å²) in [7, 11) is 2.02. The number of hydrogen-bond acceptors (Lipinski definition) is 7. The van der Waals surface area contributed by atoms with Gasteiger partial charge in [-0.2, -0.15) is 0 Å². The minimum absolute atomic E-state index is 0.0510. The zero-order valence-electron chi connectivity index (χ0n) is 13.2. The van der Waals surface area contributed by atoms with Crippen LogP contribution < -0.4 is 0 Å². The molecule has 21 heavy (non-hydrogen) atoms. The average Bonchev–Trinajstić information content (AvgIpc) is 3.07. The fourth-order valence-electron chi connectivity index (χ4n) is 1.96. The molecule has 0 amide bonds. The summed E-state index contributed by atoms with van der Waals surface area (Å²) in [6, 6.07) is 0.0562. The Balaban J connectivity index is 1.97. The summed E-state index contributed by atoms with van der Waals surface area (Å²) < 4.78 is 11.0. The zero-order valence-corrected chi connectivity index (χ0v) is 14.0. The summed E-state index contributed by atoms with van der Waals surface area (Å²) in [6.07, 6.45) is 0.0510. The average molecular weight is 310 g/mol. The summed E-state index contributed by atoms with van der Waals surface area (Å²) in [5.41, 5.74) is 1.03. The van der Waals surface area contributed by atoms with E-state index in [1.807, 2.05) is 27.8 Å². The molecule has 0 bridgehead atoms. The van der Waals surface area contributed by atoms with Crippen LogP contribution in [0.1, 0.15) is 55.4 Å². The maximum atomic E-state index is 5.57. The number of ether oxygens (including phenoxy) is 1. The van der Waals surface area contributed by atoms with E-state index < -0.39 is 0 Å². The molecule has 0 spiro atoms. The molecule has 2 aromatic rings. The van der Waals surface area contributed by atoms with Gasteiger partial charge in [0.25, 0.3) is 0 Å². The lowest BCUT2D eigenvalue weighted by molar-refractivity contribution is 0.0759. The van der Waals surface area contributed by atoms with Crippen molar-refractivity contribution >= 4 is 11.3 Å². The Labute approximate surface area is 129 Å².